The van der Waals surface area contributed by atoms with Gasteiger partial charge in [-0.3, -0.25) is 4.79 Å². The lowest BCUT2D eigenvalue weighted by atomic mass is 10.1. The van der Waals surface area contributed by atoms with Crippen LogP contribution in [0.5, 0.6) is 5.75 Å². The van der Waals surface area contributed by atoms with Crippen molar-refractivity contribution in [1.29, 1.82) is 0 Å². The van der Waals surface area contributed by atoms with E-state index < -0.39 is 18.3 Å². The molecule has 0 unspecified atom stereocenters. The van der Waals surface area contributed by atoms with Crippen LogP contribution in [-0.2, 0) is 4.79 Å². The van der Waals surface area contributed by atoms with E-state index in [1.165, 1.54) is 11.8 Å². The highest BCUT2D eigenvalue weighted by molar-refractivity contribution is 5.73. The standard InChI is InChI=1S/C23H28F3N5O2/c1-15(28-16(2)32)17-4-6-18(7-5-17)33-19-8-11-30(13-19)21-20(24)12-27-22(29-21)31-10-3-9-23(25,26)14-31/h4-7,12,15,19H,3,8-11,13-14H2,1-2H3,(H,28,32)/t15-,19+/m0/s1. The number of hydrogen-bond donors (Lipinski definition) is 1. The topological polar surface area (TPSA) is 70.6 Å². The molecule has 178 valence electrons. The zero-order chi connectivity index (χ0) is 23.6. The minimum absolute atomic E-state index is 0.0945. The number of piperidine rings is 1. The second kappa shape index (κ2) is 9.44. The monoisotopic (exact) mass is 463 g/mol. The normalized spacial score (nSPS) is 21.1. The molecule has 0 radical (unpaired) electrons. The fraction of sp³-hybridized carbons (Fsp3) is 0.522. The lowest BCUT2D eigenvalue weighted by Gasteiger charge is -2.32. The van der Waals surface area contributed by atoms with Gasteiger partial charge in [0.2, 0.25) is 11.9 Å². The highest BCUT2D eigenvalue weighted by Gasteiger charge is 2.37. The van der Waals surface area contributed by atoms with Crippen LogP contribution in [0.25, 0.3) is 0 Å². The van der Waals surface area contributed by atoms with E-state index in [4.69, 9.17) is 4.74 Å². The lowest BCUT2D eigenvalue weighted by molar-refractivity contribution is -0.119. The molecule has 2 saturated heterocycles. The highest BCUT2D eigenvalue weighted by atomic mass is 19.3. The number of carbonyl (C=O) groups is 1. The number of nitrogens with zero attached hydrogens (tertiary/aromatic N) is 4. The Morgan fingerprint density at radius 3 is 2.70 bits per heavy atom. The summed E-state index contributed by atoms with van der Waals surface area (Å²) < 4.78 is 48.1. The summed E-state index contributed by atoms with van der Waals surface area (Å²) in [5.41, 5.74) is 0.962. The van der Waals surface area contributed by atoms with E-state index in [2.05, 4.69) is 15.3 Å². The summed E-state index contributed by atoms with van der Waals surface area (Å²) in [7, 11) is 0. The predicted molar refractivity (Wildman–Crippen MR) is 118 cm³/mol. The van der Waals surface area contributed by atoms with Gasteiger partial charge in [0.15, 0.2) is 11.6 Å². The van der Waals surface area contributed by atoms with Gasteiger partial charge >= 0.3 is 0 Å². The summed E-state index contributed by atoms with van der Waals surface area (Å²) in [6.45, 7) is 4.30. The second-order valence-corrected chi connectivity index (χ2v) is 8.69. The number of hydrogen-bond acceptors (Lipinski definition) is 6. The van der Waals surface area contributed by atoms with Crippen molar-refractivity contribution in [2.75, 3.05) is 36.0 Å². The average Bonchev–Trinajstić information content (AvgIpc) is 3.21. The molecule has 2 aliphatic heterocycles. The molecule has 2 aromatic rings. The maximum atomic E-state index is 14.5. The maximum absolute atomic E-state index is 14.5. The van der Waals surface area contributed by atoms with Crippen LogP contribution in [0.3, 0.4) is 0 Å². The lowest BCUT2D eigenvalue weighted by Crippen LogP contribution is -2.43. The van der Waals surface area contributed by atoms with Crippen molar-refractivity contribution in [3.05, 3.63) is 41.8 Å². The Kier molecular flexibility index (Phi) is 6.62. The summed E-state index contributed by atoms with van der Waals surface area (Å²) in [6, 6.07) is 7.38. The molecule has 33 heavy (non-hydrogen) atoms. The van der Waals surface area contributed by atoms with Crippen LogP contribution < -0.4 is 19.9 Å². The molecule has 7 nitrogen and oxygen atoms in total. The fourth-order valence-corrected chi connectivity index (χ4v) is 4.29. The van der Waals surface area contributed by atoms with Gasteiger partial charge in [0.1, 0.15) is 11.9 Å². The van der Waals surface area contributed by atoms with Crippen molar-refractivity contribution in [3.8, 4) is 5.75 Å². The third-order valence-corrected chi connectivity index (χ3v) is 5.94. The molecule has 1 N–H and O–H groups in total. The van der Waals surface area contributed by atoms with E-state index in [1.807, 2.05) is 31.2 Å². The molecule has 2 fully saturated rings. The quantitative estimate of drug-likeness (QED) is 0.705. The first-order chi connectivity index (χ1) is 15.7. The van der Waals surface area contributed by atoms with Crippen LogP contribution in [0.2, 0.25) is 0 Å². The van der Waals surface area contributed by atoms with Gasteiger partial charge in [0.25, 0.3) is 5.92 Å². The highest BCUT2D eigenvalue weighted by Crippen LogP contribution is 2.31. The first-order valence-corrected chi connectivity index (χ1v) is 11.1. The molecular formula is C23H28F3N5O2. The summed E-state index contributed by atoms with van der Waals surface area (Å²) >= 11 is 0. The van der Waals surface area contributed by atoms with Crippen molar-refractivity contribution in [1.82, 2.24) is 15.3 Å². The zero-order valence-electron chi connectivity index (χ0n) is 18.7. The number of anilines is 2. The number of ether oxygens (including phenoxy) is 1. The molecule has 0 aliphatic carbocycles. The smallest absolute Gasteiger partial charge is 0.265 e. The molecule has 1 aromatic carbocycles. The molecule has 0 bridgehead atoms. The molecule has 0 spiro atoms. The summed E-state index contributed by atoms with van der Waals surface area (Å²) in [5, 5.41) is 2.83. The van der Waals surface area contributed by atoms with E-state index >= 15 is 0 Å². The second-order valence-electron chi connectivity index (χ2n) is 8.69. The predicted octanol–water partition coefficient (Wildman–Crippen LogP) is 3.71. The molecule has 0 saturated carbocycles. The molecule has 4 rings (SSSR count). The molecule has 2 aliphatic rings. The Labute approximate surface area is 191 Å². The van der Waals surface area contributed by atoms with Gasteiger partial charge in [-0.25, -0.2) is 18.2 Å². The van der Waals surface area contributed by atoms with E-state index in [0.717, 1.165) is 11.8 Å². The third kappa shape index (κ3) is 5.66. The van der Waals surface area contributed by atoms with Gasteiger partial charge in [-0.2, -0.15) is 4.98 Å². The van der Waals surface area contributed by atoms with Crippen LogP contribution in [0.4, 0.5) is 24.9 Å². The van der Waals surface area contributed by atoms with Gasteiger partial charge in [-0.15, -0.1) is 0 Å². The van der Waals surface area contributed by atoms with Crippen LogP contribution in [0.1, 0.15) is 44.7 Å². The van der Waals surface area contributed by atoms with Crippen molar-refractivity contribution < 1.29 is 22.7 Å². The summed E-state index contributed by atoms with van der Waals surface area (Å²) in [5.74, 6) is -2.56. The SMILES string of the molecule is CC(=O)N[C@@H](C)c1ccc(O[C@@H]2CCN(c3nc(N4CCCC(F)(F)C4)ncc3F)C2)cc1. The largest absolute Gasteiger partial charge is 0.489 e. The first-order valence-electron chi connectivity index (χ1n) is 11.1. The third-order valence-electron chi connectivity index (χ3n) is 5.94. The number of nitrogens with one attached hydrogen (secondary N) is 1. The van der Waals surface area contributed by atoms with Gasteiger partial charge in [-0.05, 0) is 31.0 Å². The Morgan fingerprint density at radius 2 is 2.00 bits per heavy atom. The van der Waals surface area contributed by atoms with Crippen LogP contribution in [0, 0.1) is 5.82 Å². The van der Waals surface area contributed by atoms with Crippen molar-refractivity contribution in [2.45, 2.75) is 51.2 Å². The van der Waals surface area contributed by atoms with Gasteiger partial charge in [0.05, 0.1) is 25.3 Å². The zero-order valence-corrected chi connectivity index (χ0v) is 18.7. The van der Waals surface area contributed by atoms with Crippen molar-refractivity contribution in [3.63, 3.8) is 0 Å². The molecular weight excluding hydrogens is 435 g/mol. The number of benzene rings is 1. The van der Waals surface area contributed by atoms with Crippen molar-refractivity contribution >= 4 is 17.7 Å². The molecule has 1 aromatic heterocycles. The van der Waals surface area contributed by atoms with Crippen LogP contribution in [0.15, 0.2) is 30.5 Å². The van der Waals surface area contributed by atoms with E-state index in [1.54, 1.807) is 4.90 Å². The Hall–Kier alpha value is -3.04. The minimum Gasteiger partial charge on any atom is -0.489 e. The van der Waals surface area contributed by atoms with Crippen LogP contribution >= 0.6 is 0 Å². The summed E-state index contributed by atoms with van der Waals surface area (Å²) in [4.78, 5) is 22.6. The average molecular weight is 464 g/mol. The minimum atomic E-state index is -2.79. The first kappa shape index (κ1) is 23.1. The number of carbonyl (C=O) groups excluding carboxylic acids is 1. The van der Waals surface area contributed by atoms with Gasteiger partial charge < -0.3 is 19.9 Å². The number of halogens is 3. The molecule has 2 atom stereocenters. The van der Waals surface area contributed by atoms with E-state index in [9.17, 15) is 18.0 Å². The fourth-order valence-electron chi connectivity index (χ4n) is 4.29. The Bertz CT molecular complexity index is 989. The number of amides is 1. The molecule has 3 heterocycles. The van der Waals surface area contributed by atoms with Gasteiger partial charge in [0, 0.05) is 32.9 Å². The molecule has 1 amide bonds. The summed E-state index contributed by atoms with van der Waals surface area (Å²) in [6.07, 6.45) is 1.74. The van der Waals surface area contributed by atoms with E-state index in [0.29, 0.717) is 38.2 Å². The molecule has 10 heteroatoms. The number of rotatable bonds is 6. The number of alkyl halides is 2. The van der Waals surface area contributed by atoms with E-state index in [-0.39, 0.29) is 36.2 Å². The Balaban J connectivity index is 1.39. The van der Waals surface area contributed by atoms with Crippen LogP contribution in [-0.4, -0.2) is 54.1 Å². The maximum Gasteiger partial charge on any atom is 0.265 e. The van der Waals surface area contributed by atoms with Gasteiger partial charge in [-0.1, -0.05) is 12.1 Å². The Morgan fingerprint density at radius 1 is 1.24 bits per heavy atom. The number of aromatic nitrogens is 2. The van der Waals surface area contributed by atoms with Crippen molar-refractivity contribution in [2.24, 2.45) is 0 Å².